The van der Waals surface area contributed by atoms with Crippen LogP contribution in [0.2, 0.25) is 0 Å². The van der Waals surface area contributed by atoms with Gasteiger partial charge in [-0.15, -0.1) is 6.58 Å². The van der Waals surface area contributed by atoms with Gasteiger partial charge in [-0.3, -0.25) is 9.59 Å². The average Bonchev–Trinajstić information content (AvgIpc) is 2.59. The lowest BCUT2D eigenvalue weighted by Crippen LogP contribution is -2.50. The van der Waals surface area contributed by atoms with E-state index in [0.717, 1.165) is 12.8 Å². The lowest BCUT2D eigenvalue weighted by atomic mass is 9.64. The number of amides is 1. The Hall–Kier alpha value is -0.640. The molecule has 3 nitrogen and oxygen atoms in total. The summed E-state index contributed by atoms with van der Waals surface area (Å²) >= 11 is 3.49. The van der Waals surface area contributed by atoms with Gasteiger partial charge < -0.3 is 5.32 Å². The molecule has 1 amide bonds. The Morgan fingerprint density at radius 2 is 2.11 bits per heavy atom. The van der Waals surface area contributed by atoms with Crippen molar-refractivity contribution in [1.82, 2.24) is 5.32 Å². The Labute approximate surface area is 117 Å². The van der Waals surface area contributed by atoms with Crippen LogP contribution in [0.15, 0.2) is 12.7 Å². The SMILES string of the molecule is C=CCNC(=O)[C@@]12CC[C@@](C)(C(=O)[C@H]1Br)C2(C)C. The first-order valence-corrected chi connectivity index (χ1v) is 7.25. The Balaban J connectivity index is 2.46. The first-order valence-electron chi connectivity index (χ1n) is 6.33. The van der Waals surface area contributed by atoms with Gasteiger partial charge in [0.25, 0.3) is 0 Å². The molecule has 3 atom stereocenters. The fourth-order valence-corrected chi connectivity index (χ4v) is 5.29. The number of hydrogen-bond acceptors (Lipinski definition) is 2. The Kier molecular flexibility index (Phi) is 3.01. The molecule has 18 heavy (non-hydrogen) atoms. The molecule has 0 spiro atoms. The number of fused-ring (bicyclic) bond motifs is 2. The highest BCUT2D eigenvalue weighted by molar-refractivity contribution is 9.10. The third-order valence-electron chi connectivity index (χ3n) is 5.53. The second-order valence-corrected chi connectivity index (χ2v) is 7.07. The van der Waals surface area contributed by atoms with Crippen molar-refractivity contribution < 1.29 is 9.59 Å². The molecular formula is C14H20BrNO2. The van der Waals surface area contributed by atoms with Gasteiger partial charge in [-0.05, 0) is 18.3 Å². The van der Waals surface area contributed by atoms with Crippen LogP contribution in [0.1, 0.15) is 33.6 Å². The molecule has 0 aromatic heterocycles. The monoisotopic (exact) mass is 313 g/mol. The highest BCUT2D eigenvalue weighted by atomic mass is 79.9. The van der Waals surface area contributed by atoms with E-state index < -0.39 is 10.8 Å². The van der Waals surface area contributed by atoms with Gasteiger partial charge in [0.15, 0.2) is 5.78 Å². The molecule has 2 saturated carbocycles. The summed E-state index contributed by atoms with van der Waals surface area (Å²) in [4.78, 5) is 24.6. The third kappa shape index (κ3) is 1.25. The number of rotatable bonds is 3. The molecule has 0 saturated heterocycles. The number of nitrogens with one attached hydrogen (secondary N) is 1. The molecule has 2 fully saturated rings. The number of carbonyl (C=O) groups excluding carboxylic acids is 2. The molecular weight excluding hydrogens is 294 g/mol. The average molecular weight is 314 g/mol. The van der Waals surface area contributed by atoms with Gasteiger partial charge in [0.05, 0.1) is 10.2 Å². The lowest BCUT2D eigenvalue weighted by molar-refractivity contribution is -0.135. The second kappa shape index (κ2) is 3.92. The molecule has 1 N–H and O–H groups in total. The predicted molar refractivity (Wildman–Crippen MR) is 74.5 cm³/mol. The zero-order valence-corrected chi connectivity index (χ0v) is 12.8. The van der Waals surface area contributed by atoms with Gasteiger partial charge >= 0.3 is 0 Å². The molecule has 0 aromatic rings. The molecule has 100 valence electrons. The van der Waals surface area contributed by atoms with Crippen LogP contribution in [0.5, 0.6) is 0 Å². The maximum Gasteiger partial charge on any atom is 0.228 e. The lowest BCUT2D eigenvalue weighted by Gasteiger charge is -2.39. The minimum atomic E-state index is -0.623. The molecule has 2 aliphatic carbocycles. The number of Topliss-reactive ketones (excluding diaryl/α,β-unsaturated/α-hetero) is 1. The van der Waals surface area contributed by atoms with Crippen LogP contribution in [0.4, 0.5) is 0 Å². The van der Waals surface area contributed by atoms with Crippen molar-refractivity contribution in [2.75, 3.05) is 6.54 Å². The Morgan fingerprint density at radius 1 is 1.50 bits per heavy atom. The van der Waals surface area contributed by atoms with E-state index in [4.69, 9.17) is 0 Å². The number of alkyl halides is 1. The van der Waals surface area contributed by atoms with E-state index in [1.54, 1.807) is 6.08 Å². The first-order chi connectivity index (χ1) is 8.25. The van der Waals surface area contributed by atoms with Crippen LogP contribution in [0, 0.1) is 16.2 Å². The van der Waals surface area contributed by atoms with E-state index in [-0.39, 0.29) is 21.9 Å². The van der Waals surface area contributed by atoms with Crippen LogP contribution in [-0.2, 0) is 9.59 Å². The molecule has 2 rings (SSSR count). The van der Waals surface area contributed by atoms with Crippen molar-refractivity contribution in [2.24, 2.45) is 16.2 Å². The van der Waals surface area contributed by atoms with E-state index >= 15 is 0 Å². The standard InChI is InChI=1S/C14H20BrNO2/c1-5-8-16-11(18)14-7-6-13(4,12(14,2)3)10(17)9(14)15/h5,9H,1,6-8H2,2-4H3,(H,16,18)/t9-,13+,14-/m1/s1. The van der Waals surface area contributed by atoms with Crippen LogP contribution >= 0.6 is 15.9 Å². The maximum absolute atomic E-state index is 12.6. The van der Waals surface area contributed by atoms with Gasteiger partial charge in [-0.1, -0.05) is 42.8 Å². The van der Waals surface area contributed by atoms with E-state index in [9.17, 15) is 9.59 Å². The van der Waals surface area contributed by atoms with Crippen LogP contribution in [-0.4, -0.2) is 23.1 Å². The fraction of sp³-hybridized carbons (Fsp3) is 0.714. The highest BCUT2D eigenvalue weighted by Crippen LogP contribution is 2.72. The number of ketones is 1. The van der Waals surface area contributed by atoms with Crippen molar-refractivity contribution in [1.29, 1.82) is 0 Å². The summed E-state index contributed by atoms with van der Waals surface area (Å²) in [6, 6.07) is 0. The van der Waals surface area contributed by atoms with Crippen molar-refractivity contribution in [3.05, 3.63) is 12.7 Å². The van der Waals surface area contributed by atoms with E-state index in [0.29, 0.717) is 6.54 Å². The topological polar surface area (TPSA) is 46.2 Å². The number of carbonyl (C=O) groups is 2. The molecule has 4 heteroatoms. The zero-order chi connectivity index (χ0) is 13.8. The zero-order valence-electron chi connectivity index (χ0n) is 11.2. The molecule has 2 aliphatic rings. The maximum atomic E-state index is 12.6. The summed E-state index contributed by atoms with van der Waals surface area (Å²) in [6.45, 7) is 10.2. The van der Waals surface area contributed by atoms with Crippen LogP contribution < -0.4 is 5.32 Å². The number of halogens is 1. The molecule has 0 heterocycles. The molecule has 2 bridgehead atoms. The first kappa shape index (κ1) is 13.8. The molecule has 0 radical (unpaired) electrons. The third-order valence-corrected chi connectivity index (χ3v) is 6.73. The van der Waals surface area contributed by atoms with E-state index in [1.807, 2.05) is 20.8 Å². The van der Waals surface area contributed by atoms with E-state index in [1.165, 1.54) is 0 Å². The quantitative estimate of drug-likeness (QED) is 0.642. The van der Waals surface area contributed by atoms with Crippen molar-refractivity contribution in [3.63, 3.8) is 0 Å². The summed E-state index contributed by atoms with van der Waals surface area (Å²) in [5.41, 5.74) is -1.34. The predicted octanol–water partition coefficient (Wildman–Crippen LogP) is 2.45. The summed E-state index contributed by atoms with van der Waals surface area (Å²) in [6.07, 6.45) is 3.22. The van der Waals surface area contributed by atoms with Crippen LogP contribution in [0.25, 0.3) is 0 Å². The van der Waals surface area contributed by atoms with Crippen molar-refractivity contribution in [2.45, 2.75) is 38.4 Å². The van der Waals surface area contributed by atoms with Crippen molar-refractivity contribution >= 4 is 27.6 Å². The van der Waals surface area contributed by atoms with Crippen LogP contribution in [0.3, 0.4) is 0 Å². The fourth-order valence-electron chi connectivity index (χ4n) is 3.78. The Morgan fingerprint density at radius 3 is 2.56 bits per heavy atom. The van der Waals surface area contributed by atoms with Gasteiger partial charge in [0, 0.05) is 12.0 Å². The summed E-state index contributed by atoms with van der Waals surface area (Å²) in [5.74, 6) is 0.149. The van der Waals surface area contributed by atoms with Gasteiger partial charge in [-0.25, -0.2) is 0 Å². The van der Waals surface area contributed by atoms with Gasteiger partial charge in [-0.2, -0.15) is 0 Å². The molecule has 0 aromatic carbocycles. The smallest absolute Gasteiger partial charge is 0.228 e. The second-order valence-electron chi connectivity index (χ2n) is 6.15. The number of hydrogen-bond donors (Lipinski definition) is 1. The Bertz CT molecular complexity index is 432. The summed E-state index contributed by atoms with van der Waals surface area (Å²) in [7, 11) is 0. The minimum absolute atomic E-state index is 0.0242. The largest absolute Gasteiger partial charge is 0.352 e. The normalized spacial score (nSPS) is 40.9. The molecule has 0 unspecified atom stereocenters. The summed E-state index contributed by atoms with van der Waals surface area (Å²) < 4.78 is 0. The van der Waals surface area contributed by atoms with E-state index in [2.05, 4.69) is 27.8 Å². The minimum Gasteiger partial charge on any atom is -0.352 e. The van der Waals surface area contributed by atoms with Crippen molar-refractivity contribution in [3.8, 4) is 0 Å². The van der Waals surface area contributed by atoms with Gasteiger partial charge in [0.2, 0.25) is 5.91 Å². The molecule has 0 aliphatic heterocycles. The van der Waals surface area contributed by atoms with Gasteiger partial charge in [0.1, 0.15) is 0 Å². The summed E-state index contributed by atoms with van der Waals surface area (Å²) in [5, 5.41) is 2.88. The highest BCUT2D eigenvalue weighted by Gasteiger charge is 2.76.